The second-order valence-corrected chi connectivity index (χ2v) is 4.72. The van der Waals surface area contributed by atoms with Crippen LogP contribution in [-0.2, 0) is 14.4 Å². The summed E-state index contributed by atoms with van der Waals surface area (Å²) in [6.07, 6.45) is 0.805. The van der Waals surface area contributed by atoms with Gasteiger partial charge >= 0.3 is 17.9 Å². The minimum Gasteiger partial charge on any atom is -0.480 e. The molecule has 136 valence electrons. The minimum absolute atomic E-state index is 0.269. The lowest BCUT2D eigenvalue weighted by Crippen LogP contribution is -2.39. The van der Waals surface area contributed by atoms with Gasteiger partial charge in [0.15, 0.2) is 0 Å². The molecule has 0 amide bonds. The fourth-order valence-corrected chi connectivity index (χ4v) is 1.18. The Kier molecular flexibility index (Phi) is 13.0. The lowest BCUT2D eigenvalue weighted by molar-refractivity contribution is -0.141. The van der Waals surface area contributed by atoms with Crippen LogP contribution in [0.25, 0.3) is 0 Å². The number of nitrogens with one attached hydrogen (secondary N) is 1. The van der Waals surface area contributed by atoms with Crippen molar-refractivity contribution in [3.8, 4) is 0 Å². The normalized spacial score (nSPS) is 20.0. The maximum Gasteiger partial charge on any atom is 0.323 e. The van der Waals surface area contributed by atoms with E-state index < -0.39 is 42.7 Å². The number of rotatable bonds is 5. The van der Waals surface area contributed by atoms with Crippen molar-refractivity contribution in [3.63, 3.8) is 0 Å². The highest BCUT2D eigenvalue weighted by atomic mass is 16.4. The molecule has 1 aliphatic heterocycles. The van der Waals surface area contributed by atoms with Gasteiger partial charge in [0.05, 0.1) is 12.7 Å². The highest BCUT2D eigenvalue weighted by Crippen LogP contribution is 2.03. The third-order valence-electron chi connectivity index (χ3n) is 2.68. The van der Waals surface area contributed by atoms with E-state index in [9.17, 15) is 14.4 Å². The van der Waals surface area contributed by atoms with E-state index in [4.69, 9.17) is 37.0 Å². The third-order valence-corrected chi connectivity index (χ3v) is 2.68. The van der Waals surface area contributed by atoms with E-state index in [1.165, 1.54) is 6.92 Å². The molecule has 1 saturated heterocycles. The van der Waals surface area contributed by atoms with Gasteiger partial charge in [0.2, 0.25) is 0 Å². The Morgan fingerprint density at radius 2 is 1.70 bits per heavy atom. The average Bonchev–Trinajstić information content (AvgIpc) is 3.01. The van der Waals surface area contributed by atoms with Gasteiger partial charge in [-0.3, -0.25) is 14.4 Å². The van der Waals surface area contributed by atoms with Crippen LogP contribution in [0.15, 0.2) is 0 Å². The lowest BCUT2D eigenvalue weighted by atomic mass is 10.2. The molecule has 0 aromatic carbocycles. The second kappa shape index (κ2) is 12.7. The predicted molar refractivity (Wildman–Crippen MR) is 78.6 cm³/mol. The summed E-state index contributed by atoms with van der Waals surface area (Å²) < 4.78 is 0. The average molecular weight is 339 g/mol. The van der Waals surface area contributed by atoms with Crippen LogP contribution in [0.1, 0.15) is 19.8 Å². The summed E-state index contributed by atoms with van der Waals surface area (Å²) in [5, 5.41) is 43.7. The zero-order chi connectivity index (χ0) is 18.6. The van der Waals surface area contributed by atoms with Crippen LogP contribution in [-0.4, -0.2) is 80.8 Å². The van der Waals surface area contributed by atoms with Crippen LogP contribution in [0.2, 0.25) is 0 Å². The van der Waals surface area contributed by atoms with Gasteiger partial charge in [-0.2, -0.15) is 0 Å². The molecule has 4 atom stereocenters. The number of hydrogen-bond donors (Lipinski definition) is 8. The van der Waals surface area contributed by atoms with Crippen molar-refractivity contribution in [2.45, 2.75) is 44.0 Å². The van der Waals surface area contributed by atoms with E-state index in [0.717, 1.165) is 19.4 Å². The Bertz CT molecular complexity index is 359. The van der Waals surface area contributed by atoms with Crippen molar-refractivity contribution >= 4 is 17.9 Å². The van der Waals surface area contributed by atoms with E-state index in [-0.39, 0.29) is 6.04 Å². The Morgan fingerprint density at radius 1 is 1.17 bits per heavy atom. The van der Waals surface area contributed by atoms with Gasteiger partial charge in [0.25, 0.3) is 0 Å². The van der Waals surface area contributed by atoms with Crippen LogP contribution in [0.4, 0.5) is 0 Å². The quantitative estimate of drug-likeness (QED) is 0.252. The first-order valence-corrected chi connectivity index (χ1v) is 6.76. The first-order chi connectivity index (χ1) is 10.5. The summed E-state index contributed by atoms with van der Waals surface area (Å²) in [6.45, 7) is 1.69. The first-order valence-electron chi connectivity index (χ1n) is 6.76. The van der Waals surface area contributed by atoms with Gasteiger partial charge in [-0.15, -0.1) is 0 Å². The predicted octanol–water partition coefficient (Wildman–Crippen LogP) is -3.01. The molecule has 1 aliphatic rings. The highest BCUT2D eigenvalue weighted by Gasteiger charge is 2.20. The van der Waals surface area contributed by atoms with Crippen molar-refractivity contribution in [2.75, 3.05) is 13.2 Å². The van der Waals surface area contributed by atoms with Crippen molar-refractivity contribution in [1.82, 2.24) is 5.32 Å². The smallest absolute Gasteiger partial charge is 0.323 e. The molecule has 0 bridgehead atoms. The van der Waals surface area contributed by atoms with Crippen LogP contribution in [0.3, 0.4) is 0 Å². The Labute approximate surface area is 132 Å². The topological polar surface area (TPSA) is 216 Å². The fourth-order valence-electron chi connectivity index (χ4n) is 1.18. The number of aliphatic hydroxyl groups excluding tert-OH is 2. The maximum absolute atomic E-state index is 10.1. The summed E-state index contributed by atoms with van der Waals surface area (Å²) in [5.74, 6) is -3.08. The molecule has 4 unspecified atom stereocenters. The SMILES string of the molecule is CC(O)C(N)C(=O)O.NC(CO)C(=O)O.O=C(O)C1CCCN1. The maximum atomic E-state index is 10.1. The van der Waals surface area contributed by atoms with Gasteiger partial charge < -0.3 is 42.3 Å². The standard InChI is InChI=1S/C5H9NO2.C4H9NO3.C3H7NO3/c7-5(8)4-2-1-3-6-4;1-2(6)3(5)4(7)8;4-2(1-5)3(6)7/h4,6H,1-3H2,(H,7,8);2-3,6H,5H2,1H3,(H,7,8);2,5H,1,4H2,(H,6,7). The molecule has 0 saturated carbocycles. The summed E-state index contributed by atoms with van der Waals surface area (Å²) in [4.78, 5) is 29.6. The molecule has 1 heterocycles. The van der Waals surface area contributed by atoms with E-state index in [1.54, 1.807) is 0 Å². The first kappa shape index (κ1) is 23.5. The number of carbonyl (C=O) groups is 3. The highest BCUT2D eigenvalue weighted by molar-refractivity contribution is 5.74. The van der Waals surface area contributed by atoms with Crippen LogP contribution >= 0.6 is 0 Å². The number of aliphatic hydroxyl groups is 2. The molecule has 0 aromatic rings. The number of aliphatic carboxylic acids is 3. The van der Waals surface area contributed by atoms with Gasteiger partial charge in [-0.1, -0.05) is 0 Å². The molecule has 23 heavy (non-hydrogen) atoms. The van der Waals surface area contributed by atoms with E-state index in [1.807, 2.05) is 0 Å². The minimum atomic E-state index is -1.18. The summed E-state index contributed by atoms with van der Waals surface area (Å²) in [6, 6.07) is -2.55. The summed E-state index contributed by atoms with van der Waals surface area (Å²) in [7, 11) is 0. The van der Waals surface area contributed by atoms with Crippen molar-refractivity contribution in [1.29, 1.82) is 0 Å². The number of carboxylic acids is 3. The second-order valence-electron chi connectivity index (χ2n) is 4.72. The van der Waals surface area contributed by atoms with Gasteiger partial charge in [0, 0.05) is 0 Å². The van der Waals surface area contributed by atoms with Crippen molar-refractivity contribution in [2.24, 2.45) is 11.5 Å². The van der Waals surface area contributed by atoms with E-state index in [0.29, 0.717) is 0 Å². The molecule has 10 N–H and O–H groups in total. The Hall–Kier alpha value is -1.79. The van der Waals surface area contributed by atoms with Gasteiger partial charge in [-0.25, -0.2) is 0 Å². The zero-order valence-corrected chi connectivity index (χ0v) is 12.8. The summed E-state index contributed by atoms with van der Waals surface area (Å²) in [5.41, 5.74) is 9.68. The largest absolute Gasteiger partial charge is 0.480 e. The number of nitrogens with two attached hydrogens (primary N) is 2. The molecular weight excluding hydrogens is 314 g/mol. The van der Waals surface area contributed by atoms with Gasteiger partial charge in [0.1, 0.15) is 18.1 Å². The van der Waals surface area contributed by atoms with Crippen LogP contribution in [0.5, 0.6) is 0 Å². The van der Waals surface area contributed by atoms with E-state index in [2.05, 4.69) is 5.32 Å². The molecule has 1 rings (SSSR count). The Balaban J connectivity index is 0. The lowest BCUT2D eigenvalue weighted by Gasteiger charge is -2.06. The molecule has 0 spiro atoms. The molecule has 0 aliphatic carbocycles. The van der Waals surface area contributed by atoms with Crippen LogP contribution in [0, 0.1) is 0 Å². The molecule has 11 nitrogen and oxygen atoms in total. The van der Waals surface area contributed by atoms with Crippen LogP contribution < -0.4 is 16.8 Å². The van der Waals surface area contributed by atoms with Gasteiger partial charge in [-0.05, 0) is 26.3 Å². The fraction of sp³-hybridized carbons (Fsp3) is 0.750. The molecule has 0 aromatic heterocycles. The molecule has 1 fully saturated rings. The summed E-state index contributed by atoms with van der Waals surface area (Å²) >= 11 is 0. The zero-order valence-electron chi connectivity index (χ0n) is 12.8. The molecule has 11 heteroatoms. The molecular formula is C12H25N3O8. The number of carboxylic acid groups (broad SMARTS) is 3. The molecule has 0 radical (unpaired) electrons. The third kappa shape index (κ3) is 12.4. The monoisotopic (exact) mass is 339 g/mol. The van der Waals surface area contributed by atoms with E-state index >= 15 is 0 Å². The number of hydrogen-bond acceptors (Lipinski definition) is 8. The van der Waals surface area contributed by atoms with Crippen molar-refractivity contribution in [3.05, 3.63) is 0 Å². The Morgan fingerprint density at radius 3 is 1.78 bits per heavy atom. The van der Waals surface area contributed by atoms with Crippen molar-refractivity contribution < 1.29 is 39.9 Å².